The summed E-state index contributed by atoms with van der Waals surface area (Å²) >= 11 is 7.41. The molecule has 1 heterocycles. The first-order chi connectivity index (χ1) is 14.5. The predicted octanol–water partition coefficient (Wildman–Crippen LogP) is 4.38. The largest absolute Gasteiger partial charge is 0.454 e. The number of anilines is 1. The van der Waals surface area contributed by atoms with Gasteiger partial charge in [0.15, 0.2) is 6.61 Å². The molecule has 3 rings (SSSR count). The van der Waals surface area contributed by atoms with Gasteiger partial charge >= 0.3 is 5.97 Å². The molecule has 0 atom stereocenters. The molecular formula is C22H23ClN2O4S. The van der Waals surface area contributed by atoms with Crippen LogP contribution in [-0.2, 0) is 19.1 Å². The molecule has 2 aromatic carbocycles. The lowest BCUT2D eigenvalue weighted by atomic mass is 10.2. The summed E-state index contributed by atoms with van der Waals surface area (Å²) in [5, 5.41) is 3.43. The van der Waals surface area contributed by atoms with Gasteiger partial charge in [-0.05, 0) is 49.2 Å². The average molecular weight is 447 g/mol. The number of esters is 1. The number of hydrogen-bond donors (Lipinski definition) is 1. The number of nitrogens with zero attached hydrogens (tertiary/aromatic N) is 1. The molecule has 6 nitrogen and oxygen atoms in total. The highest BCUT2D eigenvalue weighted by Gasteiger charge is 2.20. The highest BCUT2D eigenvalue weighted by atomic mass is 35.5. The summed E-state index contributed by atoms with van der Waals surface area (Å²) in [7, 11) is 0. The standard InChI is InChI=1S/C22H23ClN2O4S/c23-16-9-11-17(12-10-16)30-19-7-4-3-6-18(19)24-20(26)15-29-22(28)14-25-13-5-1-2-8-21(25)27/h3-4,6-7,9-12H,1-2,5,8,13-15H2,(H,24,26). The Labute approximate surface area is 184 Å². The van der Waals surface area contributed by atoms with Crippen molar-refractivity contribution in [1.82, 2.24) is 4.90 Å². The highest BCUT2D eigenvalue weighted by Crippen LogP contribution is 2.33. The molecule has 158 valence electrons. The van der Waals surface area contributed by atoms with Crippen LogP contribution in [0.2, 0.25) is 5.02 Å². The Morgan fingerprint density at radius 3 is 2.63 bits per heavy atom. The fourth-order valence-corrected chi connectivity index (χ4v) is 4.06. The number of nitrogens with one attached hydrogen (secondary N) is 1. The van der Waals surface area contributed by atoms with E-state index in [-0.39, 0.29) is 12.5 Å². The molecular weight excluding hydrogens is 424 g/mol. The van der Waals surface area contributed by atoms with Gasteiger partial charge in [0.2, 0.25) is 5.91 Å². The van der Waals surface area contributed by atoms with E-state index in [9.17, 15) is 14.4 Å². The van der Waals surface area contributed by atoms with Crippen LogP contribution in [0.5, 0.6) is 0 Å². The van der Waals surface area contributed by atoms with E-state index in [0.717, 1.165) is 29.1 Å². The van der Waals surface area contributed by atoms with Crippen molar-refractivity contribution in [3.8, 4) is 0 Å². The van der Waals surface area contributed by atoms with Gasteiger partial charge in [-0.3, -0.25) is 14.4 Å². The minimum absolute atomic E-state index is 0.0398. The molecule has 0 aliphatic carbocycles. The number of benzene rings is 2. The number of hydrogen-bond acceptors (Lipinski definition) is 5. The molecule has 1 fully saturated rings. The number of likely N-dealkylation sites (tertiary alicyclic amines) is 1. The lowest BCUT2D eigenvalue weighted by molar-refractivity contribution is -0.151. The lowest BCUT2D eigenvalue weighted by Gasteiger charge is -2.19. The van der Waals surface area contributed by atoms with Crippen LogP contribution < -0.4 is 5.32 Å². The van der Waals surface area contributed by atoms with Crippen molar-refractivity contribution >= 4 is 46.8 Å². The summed E-state index contributed by atoms with van der Waals surface area (Å²) in [6.07, 6.45) is 3.16. The van der Waals surface area contributed by atoms with Crippen LogP contribution in [0.25, 0.3) is 0 Å². The smallest absolute Gasteiger partial charge is 0.326 e. The zero-order valence-corrected chi connectivity index (χ0v) is 18.0. The summed E-state index contributed by atoms with van der Waals surface area (Å²) in [4.78, 5) is 39.6. The quantitative estimate of drug-likeness (QED) is 0.639. The first-order valence-corrected chi connectivity index (χ1v) is 11.0. The summed E-state index contributed by atoms with van der Waals surface area (Å²) < 4.78 is 5.07. The summed E-state index contributed by atoms with van der Waals surface area (Å²) in [6, 6.07) is 14.8. The second-order valence-electron chi connectivity index (χ2n) is 6.89. The molecule has 2 aromatic rings. The van der Waals surface area contributed by atoms with E-state index in [0.29, 0.717) is 23.7 Å². The number of rotatable bonds is 7. The Balaban J connectivity index is 1.51. The van der Waals surface area contributed by atoms with Crippen molar-refractivity contribution in [1.29, 1.82) is 0 Å². The molecule has 0 saturated carbocycles. The van der Waals surface area contributed by atoms with Crippen LogP contribution in [0.15, 0.2) is 58.3 Å². The fraction of sp³-hybridized carbons (Fsp3) is 0.318. The Kier molecular flexibility index (Phi) is 8.16. The maximum atomic E-state index is 12.3. The Morgan fingerprint density at radius 2 is 1.83 bits per heavy atom. The van der Waals surface area contributed by atoms with Crippen LogP contribution in [0.1, 0.15) is 25.7 Å². The molecule has 2 amide bonds. The van der Waals surface area contributed by atoms with Gasteiger partial charge in [0, 0.05) is 27.8 Å². The second kappa shape index (κ2) is 11.0. The maximum Gasteiger partial charge on any atom is 0.326 e. The average Bonchev–Trinajstić information content (AvgIpc) is 2.94. The van der Waals surface area contributed by atoms with Crippen molar-refractivity contribution < 1.29 is 19.1 Å². The van der Waals surface area contributed by atoms with Crippen LogP contribution >= 0.6 is 23.4 Å². The van der Waals surface area contributed by atoms with Gasteiger partial charge in [-0.1, -0.05) is 41.9 Å². The van der Waals surface area contributed by atoms with E-state index in [4.69, 9.17) is 16.3 Å². The van der Waals surface area contributed by atoms with Gasteiger partial charge in [0.1, 0.15) is 6.54 Å². The minimum Gasteiger partial charge on any atom is -0.454 e. The first kappa shape index (κ1) is 22.2. The van der Waals surface area contributed by atoms with Gasteiger partial charge < -0.3 is 15.0 Å². The molecule has 0 aromatic heterocycles. The van der Waals surface area contributed by atoms with Crippen molar-refractivity contribution in [3.63, 3.8) is 0 Å². The fourth-order valence-electron chi connectivity index (χ4n) is 3.03. The summed E-state index contributed by atoms with van der Waals surface area (Å²) in [6.45, 7) is 0.0331. The van der Waals surface area contributed by atoms with E-state index < -0.39 is 18.5 Å². The molecule has 1 aliphatic rings. The van der Waals surface area contributed by atoms with Crippen molar-refractivity contribution in [2.75, 3.05) is 25.0 Å². The van der Waals surface area contributed by atoms with Gasteiger partial charge in [0.05, 0.1) is 5.69 Å². The molecule has 1 aliphatic heterocycles. The Morgan fingerprint density at radius 1 is 1.07 bits per heavy atom. The molecule has 30 heavy (non-hydrogen) atoms. The van der Waals surface area contributed by atoms with Crippen molar-refractivity contribution in [2.45, 2.75) is 35.5 Å². The molecule has 0 spiro atoms. The van der Waals surface area contributed by atoms with E-state index >= 15 is 0 Å². The SMILES string of the molecule is O=C(COC(=O)CN1CCCCCC1=O)Nc1ccccc1Sc1ccc(Cl)cc1. The zero-order valence-electron chi connectivity index (χ0n) is 16.4. The van der Waals surface area contributed by atoms with Gasteiger partial charge in [-0.15, -0.1) is 0 Å². The number of amides is 2. The van der Waals surface area contributed by atoms with Crippen LogP contribution in [-0.4, -0.2) is 42.4 Å². The van der Waals surface area contributed by atoms with Crippen molar-refractivity contribution in [2.24, 2.45) is 0 Å². The van der Waals surface area contributed by atoms with Gasteiger partial charge in [-0.25, -0.2) is 0 Å². The molecule has 0 bridgehead atoms. The lowest BCUT2D eigenvalue weighted by Crippen LogP contribution is -2.36. The minimum atomic E-state index is -0.579. The van der Waals surface area contributed by atoms with Gasteiger partial charge in [-0.2, -0.15) is 0 Å². The van der Waals surface area contributed by atoms with E-state index in [1.165, 1.54) is 16.7 Å². The normalized spacial score (nSPS) is 14.2. The molecule has 0 unspecified atom stereocenters. The number of halogens is 1. The molecule has 1 saturated heterocycles. The van der Waals surface area contributed by atoms with E-state index in [1.54, 1.807) is 18.2 Å². The molecule has 0 radical (unpaired) electrons. The number of carbonyl (C=O) groups excluding carboxylic acids is 3. The predicted molar refractivity (Wildman–Crippen MR) is 117 cm³/mol. The number of ether oxygens (including phenoxy) is 1. The van der Waals surface area contributed by atoms with Crippen molar-refractivity contribution in [3.05, 3.63) is 53.6 Å². The van der Waals surface area contributed by atoms with Crippen LogP contribution in [0.4, 0.5) is 5.69 Å². The summed E-state index contributed by atoms with van der Waals surface area (Å²) in [5.41, 5.74) is 0.626. The van der Waals surface area contributed by atoms with Crippen LogP contribution in [0.3, 0.4) is 0 Å². The van der Waals surface area contributed by atoms with E-state index in [1.807, 2.05) is 30.3 Å². The van der Waals surface area contributed by atoms with E-state index in [2.05, 4.69) is 5.32 Å². The highest BCUT2D eigenvalue weighted by molar-refractivity contribution is 7.99. The topological polar surface area (TPSA) is 75.7 Å². The Bertz CT molecular complexity index is 904. The third-order valence-electron chi connectivity index (χ3n) is 4.56. The van der Waals surface area contributed by atoms with Gasteiger partial charge in [0.25, 0.3) is 5.91 Å². The third kappa shape index (κ3) is 6.78. The monoisotopic (exact) mass is 446 g/mol. The zero-order chi connectivity index (χ0) is 21.3. The Hall–Kier alpha value is -2.51. The second-order valence-corrected chi connectivity index (χ2v) is 8.44. The summed E-state index contributed by atoms with van der Waals surface area (Å²) in [5.74, 6) is -1.05. The van der Waals surface area contributed by atoms with Crippen LogP contribution in [0, 0.1) is 0 Å². The molecule has 1 N–H and O–H groups in total. The first-order valence-electron chi connectivity index (χ1n) is 9.77. The number of para-hydroxylation sites is 1. The molecule has 8 heteroatoms. The maximum absolute atomic E-state index is 12.3. The number of carbonyl (C=O) groups is 3. The third-order valence-corrected chi connectivity index (χ3v) is 5.89.